The lowest BCUT2D eigenvalue weighted by molar-refractivity contribution is -0.119. The molecule has 7 nitrogen and oxygen atoms in total. The predicted molar refractivity (Wildman–Crippen MR) is 122 cm³/mol. The van der Waals surface area contributed by atoms with Crippen molar-refractivity contribution in [3.05, 3.63) is 54.6 Å². The highest BCUT2D eigenvalue weighted by Crippen LogP contribution is 2.28. The second-order valence-electron chi connectivity index (χ2n) is 7.28. The molecule has 2 N–H and O–H groups in total. The van der Waals surface area contributed by atoms with Crippen molar-refractivity contribution in [2.45, 2.75) is 30.2 Å². The van der Waals surface area contributed by atoms with Crippen LogP contribution in [-0.4, -0.2) is 57.3 Å². The molecular weight excluding hydrogens is 436 g/mol. The molecule has 2 aromatic carbocycles. The zero-order valence-electron chi connectivity index (χ0n) is 17.3. The van der Waals surface area contributed by atoms with Crippen LogP contribution in [0.4, 0.5) is 0 Å². The van der Waals surface area contributed by atoms with E-state index in [2.05, 4.69) is 4.90 Å². The van der Waals surface area contributed by atoms with Gasteiger partial charge in [-0.2, -0.15) is 0 Å². The van der Waals surface area contributed by atoms with Crippen molar-refractivity contribution in [1.29, 1.82) is 0 Å². The number of para-hydroxylation sites is 1. The molecule has 1 aliphatic heterocycles. The molecule has 0 aromatic heterocycles. The van der Waals surface area contributed by atoms with E-state index in [-0.39, 0.29) is 23.3 Å². The van der Waals surface area contributed by atoms with Crippen molar-refractivity contribution in [1.82, 2.24) is 4.90 Å². The van der Waals surface area contributed by atoms with Gasteiger partial charge in [0.05, 0.1) is 18.1 Å². The molecule has 0 aliphatic carbocycles. The van der Waals surface area contributed by atoms with Crippen molar-refractivity contribution in [3.63, 3.8) is 0 Å². The van der Waals surface area contributed by atoms with E-state index in [0.29, 0.717) is 36.9 Å². The fourth-order valence-electron chi connectivity index (χ4n) is 3.44. The number of benzene rings is 2. The molecule has 1 saturated heterocycles. The van der Waals surface area contributed by atoms with E-state index in [1.54, 1.807) is 24.3 Å². The average molecular weight is 465 g/mol. The van der Waals surface area contributed by atoms with Crippen LogP contribution in [0.3, 0.4) is 0 Å². The van der Waals surface area contributed by atoms with Gasteiger partial charge in [0.2, 0.25) is 14.8 Å². The van der Waals surface area contributed by atoms with Crippen molar-refractivity contribution in [2.75, 3.05) is 32.1 Å². The largest absolute Gasteiger partial charge is 0.457 e. The van der Waals surface area contributed by atoms with Gasteiger partial charge in [-0.05, 0) is 60.0 Å². The molecule has 0 spiro atoms. The first kappa shape index (κ1) is 23.6. The third-order valence-corrected chi connectivity index (χ3v) is 8.63. The monoisotopic (exact) mass is 464 g/mol. The van der Waals surface area contributed by atoms with Crippen LogP contribution < -0.4 is 10.5 Å². The molecule has 1 heterocycles. The first-order chi connectivity index (χ1) is 14.9. The molecule has 0 saturated carbocycles. The summed E-state index contributed by atoms with van der Waals surface area (Å²) in [6.45, 7) is 2.81. The van der Waals surface area contributed by atoms with Gasteiger partial charge in [-0.25, -0.2) is 8.42 Å². The van der Waals surface area contributed by atoms with E-state index < -0.39 is 8.87 Å². The molecule has 1 atom stereocenters. The number of primary amides is 1. The topological polar surface area (TPSA) is 98.9 Å². The number of nitrogens with two attached hydrogens (primary N) is 1. The second kappa shape index (κ2) is 11.5. The summed E-state index contributed by atoms with van der Waals surface area (Å²) < 4.78 is 36.4. The van der Waals surface area contributed by atoms with Crippen LogP contribution in [0.2, 0.25) is 0 Å². The maximum Gasteiger partial charge on any atom is 0.229 e. The lowest BCUT2D eigenvalue weighted by Gasteiger charge is -2.34. The first-order valence-corrected chi connectivity index (χ1v) is 13.2. The predicted octanol–water partition coefficient (Wildman–Crippen LogP) is 3.26. The van der Waals surface area contributed by atoms with Gasteiger partial charge >= 0.3 is 0 Å². The summed E-state index contributed by atoms with van der Waals surface area (Å²) in [7, 11) is -2.54. The molecule has 1 unspecified atom stereocenters. The Balaban J connectivity index is 1.50. The van der Waals surface area contributed by atoms with Crippen LogP contribution in [-0.2, 0) is 18.4 Å². The highest BCUT2D eigenvalue weighted by molar-refractivity contribution is 8.72. The maximum atomic E-state index is 12.6. The molecule has 168 valence electrons. The van der Waals surface area contributed by atoms with Crippen molar-refractivity contribution in [2.24, 2.45) is 5.73 Å². The highest BCUT2D eigenvalue weighted by atomic mass is 33.1. The highest BCUT2D eigenvalue weighted by Gasteiger charge is 2.23. The lowest BCUT2D eigenvalue weighted by Crippen LogP contribution is -2.45. The number of nitrogens with zero attached hydrogens (tertiary/aromatic N) is 1. The summed E-state index contributed by atoms with van der Waals surface area (Å²) in [5.41, 5.74) is 5.40. The Labute approximate surface area is 187 Å². The molecule has 0 bridgehead atoms. The van der Waals surface area contributed by atoms with E-state index in [4.69, 9.17) is 15.2 Å². The van der Waals surface area contributed by atoms with Crippen LogP contribution >= 0.6 is 10.8 Å². The molecule has 9 heteroatoms. The number of hydrogen-bond donors (Lipinski definition) is 1. The van der Waals surface area contributed by atoms with Crippen molar-refractivity contribution in [3.8, 4) is 11.5 Å². The van der Waals surface area contributed by atoms with E-state index in [0.717, 1.165) is 30.3 Å². The van der Waals surface area contributed by atoms with E-state index >= 15 is 0 Å². The molecule has 1 amide bonds. The number of ether oxygens (including phenoxy) is 2. The minimum absolute atomic E-state index is 0.0270. The molecule has 1 aliphatic rings. The summed E-state index contributed by atoms with van der Waals surface area (Å²) >= 11 is 0. The number of amides is 1. The minimum Gasteiger partial charge on any atom is -0.457 e. The number of carbonyl (C=O) groups is 1. The molecule has 0 radical (unpaired) electrons. The number of carbonyl (C=O) groups excluding carboxylic acids is 1. The van der Waals surface area contributed by atoms with E-state index in [9.17, 15) is 13.2 Å². The normalized spacial score (nSPS) is 16.0. The molecular formula is C22H28N2O5S2. The Morgan fingerprint density at radius 3 is 2.35 bits per heavy atom. The Morgan fingerprint density at radius 2 is 1.71 bits per heavy atom. The van der Waals surface area contributed by atoms with Crippen molar-refractivity contribution < 1.29 is 22.7 Å². The Hall–Kier alpha value is -2.07. The van der Waals surface area contributed by atoms with Crippen LogP contribution in [0, 0.1) is 0 Å². The van der Waals surface area contributed by atoms with E-state index in [1.807, 2.05) is 30.3 Å². The van der Waals surface area contributed by atoms with Crippen LogP contribution in [0.25, 0.3) is 0 Å². The van der Waals surface area contributed by atoms with Gasteiger partial charge < -0.3 is 15.2 Å². The number of rotatable bonds is 11. The van der Waals surface area contributed by atoms with Gasteiger partial charge in [0, 0.05) is 31.3 Å². The fraction of sp³-hybridized carbons (Fsp3) is 0.409. The van der Waals surface area contributed by atoms with Crippen LogP contribution in [0.5, 0.6) is 11.5 Å². The summed E-state index contributed by atoms with van der Waals surface area (Å²) in [6, 6.07) is 15.8. The fourth-order valence-corrected chi connectivity index (χ4v) is 6.31. The Kier molecular flexibility index (Phi) is 8.77. The zero-order chi connectivity index (χ0) is 22.1. The maximum absolute atomic E-state index is 12.6. The van der Waals surface area contributed by atoms with Gasteiger partial charge in [-0.1, -0.05) is 18.2 Å². The second-order valence-corrected chi connectivity index (χ2v) is 11.3. The summed E-state index contributed by atoms with van der Waals surface area (Å²) in [4.78, 5) is 13.9. The van der Waals surface area contributed by atoms with Crippen molar-refractivity contribution >= 4 is 25.6 Å². The number of morpholine rings is 1. The summed E-state index contributed by atoms with van der Waals surface area (Å²) in [5.74, 6) is 1.38. The first-order valence-electron chi connectivity index (χ1n) is 10.3. The lowest BCUT2D eigenvalue weighted by atomic mass is 10.1. The zero-order valence-corrected chi connectivity index (χ0v) is 18.9. The molecule has 1 fully saturated rings. The Bertz CT molecular complexity index is 930. The van der Waals surface area contributed by atoms with Gasteiger partial charge in [0.15, 0.2) is 0 Å². The third-order valence-electron chi connectivity index (χ3n) is 5.01. The van der Waals surface area contributed by atoms with Gasteiger partial charge in [-0.3, -0.25) is 9.69 Å². The Morgan fingerprint density at radius 1 is 1.06 bits per heavy atom. The molecule has 2 aromatic rings. The van der Waals surface area contributed by atoms with E-state index in [1.165, 1.54) is 0 Å². The third kappa shape index (κ3) is 7.53. The summed E-state index contributed by atoms with van der Waals surface area (Å²) in [6.07, 6.45) is 1.67. The summed E-state index contributed by atoms with van der Waals surface area (Å²) in [5, 5.41) is 0. The van der Waals surface area contributed by atoms with Gasteiger partial charge in [-0.15, -0.1) is 0 Å². The molecule has 3 rings (SSSR count). The van der Waals surface area contributed by atoms with Crippen LogP contribution in [0.1, 0.15) is 19.3 Å². The minimum atomic E-state index is -3.46. The molecule has 31 heavy (non-hydrogen) atoms. The van der Waals surface area contributed by atoms with Gasteiger partial charge in [0.25, 0.3) is 0 Å². The SMILES string of the molecule is NC(=O)CC(CCCSS(=O)(=O)c1ccc(Oc2ccccc2)cc1)N1CCOCC1. The quantitative estimate of drug-likeness (QED) is 0.402. The number of hydrogen-bond acceptors (Lipinski definition) is 7. The van der Waals surface area contributed by atoms with Gasteiger partial charge in [0.1, 0.15) is 11.5 Å². The van der Waals surface area contributed by atoms with Crippen LogP contribution in [0.15, 0.2) is 59.5 Å². The average Bonchev–Trinajstić information content (AvgIpc) is 2.77. The standard InChI is InChI=1S/C22H28N2O5S2/c23-22(25)17-18(24-12-14-28-15-13-24)5-4-16-30-31(26,27)21-10-8-20(9-11-21)29-19-6-2-1-3-7-19/h1-3,6-11,18H,4-5,12-17H2,(H2,23,25). The smallest absolute Gasteiger partial charge is 0.229 e.